The van der Waals surface area contributed by atoms with E-state index in [9.17, 15) is 4.39 Å². The smallest absolute Gasteiger partial charge is 0.283 e. The molecule has 128 valence electrons. The molecule has 4 nitrogen and oxygen atoms in total. The van der Waals surface area contributed by atoms with Crippen LogP contribution in [0.4, 0.5) is 4.39 Å². The van der Waals surface area contributed by atoms with Crippen molar-refractivity contribution in [1.82, 2.24) is 0 Å². The van der Waals surface area contributed by atoms with E-state index < -0.39 is 5.54 Å². The van der Waals surface area contributed by atoms with Gasteiger partial charge in [0.2, 0.25) is 0 Å². The molecule has 1 aromatic carbocycles. The summed E-state index contributed by atoms with van der Waals surface area (Å²) in [6, 6.07) is 8.53. The summed E-state index contributed by atoms with van der Waals surface area (Å²) in [6.07, 6.45) is 11.5. The Morgan fingerprint density at radius 3 is 2.88 bits per heavy atom. The molecule has 3 atom stereocenters. The number of aliphatic imine (C=N–C) groups is 2. The number of allylic oxidation sites excluding steroid dienone is 4. The van der Waals surface area contributed by atoms with Crippen molar-refractivity contribution in [3.63, 3.8) is 0 Å². The fourth-order valence-electron chi connectivity index (χ4n) is 3.68. The van der Waals surface area contributed by atoms with Crippen LogP contribution >= 0.6 is 0 Å². The predicted molar refractivity (Wildman–Crippen MR) is 97.4 cm³/mol. The molecule has 1 aliphatic carbocycles. The van der Waals surface area contributed by atoms with Gasteiger partial charge in [0.1, 0.15) is 18.0 Å². The van der Waals surface area contributed by atoms with Gasteiger partial charge in [0.05, 0.1) is 0 Å². The van der Waals surface area contributed by atoms with Gasteiger partial charge in [-0.25, -0.2) is 9.38 Å². The lowest BCUT2D eigenvalue weighted by Crippen LogP contribution is -2.34. The number of nitrogens with zero attached hydrogens (tertiary/aromatic N) is 2. The van der Waals surface area contributed by atoms with Crippen LogP contribution in [0.3, 0.4) is 0 Å². The van der Waals surface area contributed by atoms with Crippen molar-refractivity contribution in [1.29, 1.82) is 0 Å². The van der Waals surface area contributed by atoms with Gasteiger partial charge in [-0.15, -0.1) is 0 Å². The molecule has 0 saturated heterocycles. The van der Waals surface area contributed by atoms with Crippen LogP contribution in [-0.4, -0.2) is 25.4 Å². The number of ether oxygens (including phenoxy) is 1. The second-order valence-corrected chi connectivity index (χ2v) is 6.58. The number of benzene rings is 1. The first-order valence-electron chi connectivity index (χ1n) is 8.46. The molecule has 0 fully saturated rings. The van der Waals surface area contributed by atoms with Gasteiger partial charge < -0.3 is 10.5 Å². The molecule has 0 bridgehead atoms. The van der Waals surface area contributed by atoms with Crippen molar-refractivity contribution in [3.05, 3.63) is 71.6 Å². The molecular weight excluding hydrogens is 317 g/mol. The number of hydrogen-bond acceptors (Lipinski definition) is 4. The van der Waals surface area contributed by atoms with Crippen LogP contribution in [0, 0.1) is 5.92 Å². The summed E-state index contributed by atoms with van der Waals surface area (Å²) >= 11 is 0. The minimum Gasteiger partial charge on any atom is -0.462 e. The highest BCUT2D eigenvalue weighted by atomic mass is 19.1. The zero-order valence-corrected chi connectivity index (χ0v) is 13.8. The summed E-state index contributed by atoms with van der Waals surface area (Å²) in [5.41, 5.74) is 7.46. The van der Waals surface area contributed by atoms with Crippen LogP contribution in [0.15, 0.2) is 70.5 Å². The van der Waals surface area contributed by atoms with Gasteiger partial charge in [0, 0.05) is 24.6 Å². The molecule has 2 N–H and O–H groups in total. The summed E-state index contributed by atoms with van der Waals surface area (Å²) in [7, 11) is 0. The Labute approximate surface area is 146 Å². The Morgan fingerprint density at radius 1 is 1.28 bits per heavy atom. The van der Waals surface area contributed by atoms with Gasteiger partial charge in [-0.1, -0.05) is 36.4 Å². The minimum atomic E-state index is -0.616. The third-order valence-corrected chi connectivity index (χ3v) is 5.07. The normalized spacial score (nSPS) is 30.8. The molecule has 0 amide bonds. The van der Waals surface area contributed by atoms with Crippen LogP contribution < -0.4 is 5.73 Å². The fraction of sp³-hybridized carbons (Fsp3) is 0.300. The standard InChI is InChI=1S/C20H20FN3O/c21-18-8-6-16(7-9-18)20(13-25-19(22)24-20)17-5-1-3-14(11-17)15-4-2-10-23-12-15/h1-6,8-11,15-16H,7,12-13H2,(H2,22,24). The highest BCUT2D eigenvalue weighted by Crippen LogP contribution is 2.42. The molecule has 25 heavy (non-hydrogen) atoms. The van der Waals surface area contributed by atoms with Gasteiger partial charge >= 0.3 is 0 Å². The average molecular weight is 337 g/mol. The van der Waals surface area contributed by atoms with Crippen LogP contribution in [0.25, 0.3) is 0 Å². The maximum atomic E-state index is 13.4. The molecule has 2 heterocycles. The maximum absolute atomic E-state index is 13.4. The summed E-state index contributed by atoms with van der Waals surface area (Å²) in [5, 5.41) is 0. The Balaban J connectivity index is 1.73. The topological polar surface area (TPSA) is 60.0 Å². The maximum Gasteiger partial charge on any atom is 0.283 e. The van der Waals surface area contributed by atoms with E-state index >= 15 is 0 Å². The molecule has 0 saturated carbocycles. The summed E-state index contributed by atoms with van der Waals surface area (Å²) in [4.78, 5) is 8.99. The third-order valence-electron chi connectivity index (χ3n) is 5.07. The number of dihydropyridines is 1. The molecule has 1 aromatic rings. The molecule has 3 aliphatic rings. The Hall–Kier alpha value is -2.69. The Kier molecular flexibility index (Phi) is 3.99. The summed E-state index contributed by atoms with van der Waals surface area (Å²) in [5.74, 6) is 0.0503. The van der Waals surface area contributed by atoms with Crippen molar-refractivity contribution < 1.29 is 9.13 Å². The number of amidine groups is 1. The molecular formula is C20H20FN3O. The fourth-order valence-corrected chi connectivity index (χ4v) is 3.68. The van der Waals surface area contributed by atoms with E-state index in [-0.39, 0.29) is 23.7 Å². The van der Waals surface area contributed by atoms with E-state index in [4.69, 9.17) is 10.5 Å². The first-order valence-corrected chi connectivity index (χ1v) is 8.46. The lowest BCUT2D eigenvalue weighted by molar-refractivity contribution is 0.212. The van der Waals surface area contributed by atoms with Crippen LogP contribution in [-0.2, 0) is 10.3 Å². The molecule has 4 rings (SSSR count). The Bertz CT molecular complexity index is 824. The van der Waals surface area contributed by atoms with Crippen molar-refractivity contribution in [2.75, 3.05) is 13.2 Å². The highest BCUT2D eigenvalue weighted by molar-refractivity contribution is 5.74. The SMILES string of the molecule is NC1=NC(c2cccc(C3C=CC=NC3)c2)(C2C=CC(F)=CC2)CO1. The zero-order chi connectivity index (χ0) is 17.3. The predicted octanol–water partition coefficient (Wildman–Crippen LogP) is 3.38. The number of halogens is 1. The second-order valence-electron chi connectivity index (χ2n) is 6.58. The number of rotatable bonds is 3. The van der Waals surface area contributed by atoms with E-state index in [1.807, 2.05) is 30.5 Å². The molecule has 2 aliphatic heterocycles. The van der Waals surface area contributed by atoms with Crippen LogP contribution in [0.2, 0.25) is 0 Å². The van der Waals surface area contributed by atoms with Gasteiger partial charge in [0.25, 0.3) is 6.02 Å². The van der Waals surface area contributed by atoms with Crippen LogP contribution in [0.1, 0.15) is 23.5 Å². The first-order chi connectivity index (χ1) is 12.2. The largest absolute Gasteiger partial charge is 0.462 e. The van der Waals surface area contributed by atoms with Crippen molar-refractivity contribution in [2.45, 2.75) is 17.9 Å². The monoisotopic (exact) mass is 337 g/mol. The highest BCUT2D eigenvalue weighted by Gasteiger charge is 2.44. The molecule has 0 radical (unpaired) electrons. The summed E-state index contributed by atoms with van der Waals surface area (Å²) in [6.45, 7) is 1.11. The van der Waals surface area contributed by atoms with Gasteiger partial charge in [-0.2, -0.15) is 0 Å². The van der Waals surface area contributed by atoms with E-state index in [1.165, 1.54) is 11.6 Å². The van der Waals surface area contributed by atoms with Gasteiger partial charge in [-0.05, 0) is 35.8 Å². The van der Waals surface area contributed by atoms with Gasteiger partial charge in [-0.3, -0.25) is 4.99 Å². The average Bonchev–Trinajstić information content (AvgIpc) is 3.06. The van der Waals surface area contributed by atoms with Gasteiger partial charge in [0.15, 0.2) is 0 Å². The summed E-state index contributed by atoms with van der Waals surface area (Å²) < 4.78 is 18.9. The zero-order valence-electron chi connectivity index (χ0n) is 13.8. The minimum absolute atomic E-state index is 0.00298. The molecule has 0 spiro atoms. The quantitative estimate of drug-likeness (QED) is 0.919. The molecule has 3 unspecified atom stereocenters. The number of hydrogen-bond donors (Lipinski definition) is 1. The van der Waals surface area contributed by atoms with Crippen molar-refractivity contribution >= 4 is 12.2 Å². The number of nitrogens with two attached hydrogens (primary N) is 1. The van der Waals surface area contributed by atoms with E-state index in [1.54, 1.807) is 6.08 Å². The van der Waals surface area contributed by atoms with E-state index in [2.05, 4.69) is 28.2 Å². The lowest BCUT2D eigenvalue weighted by Gasteiger charge is -2.33. The van der Waals surface area contributed by atoms with E-state index in [0.717, 1.165) is 12.1 Å². The van der Waals surface area contributed by atoms with E-state index in [0.29, 0.717) is 13.0 Å². The second kappa shape index (κ2) is 6.31. The van der Waals surface area contributed by atoms with Crippen molar-refractivity contribution in [3.8, 4) is 0 Å². The van der Waals surface area contributed by atoms with Crippen LogP contribution in [0.5, 0.6) is 0 Å². The first kappa shape index (κ1) is 15.8. The third kappa shape index (κ3) is 2.90. The Morgan fingerprint density at radius 2 is 2.20 bits per heavy atom. The molecule has 5 heteroatoms. The molecule has 0 aromatic heterocycles. The van der Waals surface area contributed by atoms with Crippen molar-refractivity contribution in [2.24, 2.45) is 21.6 Å². The lowest BCUT2D eigenvalue weighted by atomic mass is 9.75.